The normalized spacial score (nSPS) is 22.0. The third-order valence-corrected chi connectivity index (χ3v) is 4.77. The van der Waals surface area contributed by atoms with Gasteiger partial charge >= 0.3 is 0 Å². The van der Waals surface area contributed by atoms with E-state index in [0.29, 0.717) is 30.0 Å². The largest absolute Gasteiger partial charge is 0.493 e. The van der Waals surface area contributed by atoms with Gasteiger partial charge in [0.1, 0.15) is 12.7 Å². The molecule has 2 N–H and O–H groups in total. The molecule has 0 heterocycles. The van der Waals surface area contributed by atoms with Crippen LogP contribution >= 0.6 is 0 Å². The lowest BCUT2D eigenvalue weighted by atomic mass is 9.86. The Morgan fingerprint density at radius 2 is 2.12 bits per heavy atom. The third kappa shape index (κ3) is 5.53. The summed E-state index contributed by atoms with van der Waals surface area (Å²) in [5, 5.41) is 13.7. The molecule has 1 aromatic rings. The first-order chi connectivity index (χ1) is 11.6. The summed E-state index contributed by atoms with van der Waals surface area (Å²) in [6.45, 7) is 6.85. The molecule has 134 valence electrons. The van der Waals surface area contributed by atoms with Crippen LogP contribution in [-0.2, 0) is 6.42 Å². The fraction of sp³-hybridized carbons (Fsp3) is 0.600. The molecule has 4 nitrogen and oxygen atoms in total. The standard InChI is InChI=1S/C20H31NO3/c1-4-7-16-10-11-19(20(12-16)23-3)24-14-17(22)13-21-18-9-6-5-8-15(18)2/h4,10-12,15,17-18,21-22H,1,5-9,13-14H2,2-3H3. The molecule has 1 aliphatic carbocycles. The highest BCUT2D eigenvalue weighted by molar-refractivity contribution is 5.43. The van der Waals surface area contributed by atoms with Gasteiger partial charge < -0.3 is 19.9 Å². The molecule has 4 heteroatoms. The van der Waals surface area contributed by atoms with Gasteiger partial charge in [-0.15, -0.1) is 6.58 Å². The van der Waals surface area contributed by atoms with E-state index in [1.165, 1.54) is 25.7 Å². The van der Waals surface area contributed by atoms with Crippen molar-refractivity contribution in [3.63, 3.8) is 0 Å². The molecule has 0 aliphatic heterocycles. The van der Waals surface area contributed by atoms with E-state index < -0.39 is 6.10 Å². The Bertz CT molecular complexity index is 518. The zero-order chi connectivity index (χ0) is 17.4. The zero-order valence-electron chi connectivity index (χ0n) is 15.0. The Labute approximate surface area is 145 Å². The Morgan fingerprint density at radius 3 is 2.83 bits per heavy atom. The number of hydrogen-bond donors (Lipinski definition) is 2. The van der Waals surface area contributed by atoms with Crippen LogP contribution in [0, 0.1) is 5.92 Å². The van der Waals surface area contributed by atoms with Gasteiger partial charge in [-0.2, -0.15) is 0 Å². The van der Waals surface area contributed by atoms with Gasteiger partial charge in [0, 0.05) is 12.6 Å². The van der Waals surface area contributed by atoms with E-state index in [9.17, 15) is 5.11 Å². The van der Waals surface area contributed by atoms with Gasteiger partial charge in [0.2, 0.25) is 0 Å². The molecular weight excluding hydrogens is 302 g/mol. The summed E-state index contributed by atoms with van der Waals surface area (Å²) >= 11 is 0. The van der Waals surface area contributed by atoms with Gasteiger partial charge in [-0.05, 0) is 42.9 Å². The predicted octanol–water partition coefficient (Wildman–Crippen LogP) is 3.33. The molecule has 24 heavy (non-hydrogen) atoms. The Morgan fingerprint density at radius 1 is 1.33 bits per heavy atom. The average molecular weight is 333 g/mol. The molecular formula is C20H31NO3. The van der Waals surface area contributed by atoms with E-state index in [1.807, 2.05) is 24.3 Å². The van der Waals surface area contributed by atoms with Crippen molar-refractivity contribution in [2.24, 2.45) is 5.92 Å². The highest BCUT2D eigenvalue weighted by atomic mass is 16.5. The number of methoxy groups -OCH3 is 1. The lowest BCUT2D eigenvalue weighted by molar-refractivity contribution is 0.0970. The molecule has 0 radical (unpaired) electrons. The van der Waals surface area contributed by atoms with Crippen molar-refractivity contribution >= 4 is 0 Å². The molecule has 1 aliphatic rings. The number of hydrogen-bond acceptors (Lipinski definition) is 4. The number of nitrogens with one attached hydrogen (secondary N) is 1. The third-order valence-electron chi connectivity index (χ3n) is 4.77. The Hall–Kier alpha value is -1.52. The van der Waals surface area contributed by atoms with Crippen molar-refractivity contribution in [2.75, 3.05) is 20.3 Å². The number of benzene rings is 1. The van der Waals surface area contributed by atoms with Gasteiger partial charge in [0.15, 0.2) is 11.5 Å². The minimum Gasteiger partial charge on any atom is -0.493 e. The molecule has 3 atom stereocenters. The second kappa shape index (κ2) is 9.70. The Balaban J connectivity index is 1.80. The zero-order valence-corrected chi connectivity index (χ0v) is 15.0. The van der Waals surface area contributed by atoms with Gasteiger partial charge in [-0.3, -0.25) is 0 Å². The van der Waals surface area contributed by atoms with Crippen LogP contribution in [0.15, 0.2) is 30.9 Å². The van der Waals surface area contributed by atoms with E-state index >= 15 is 0 Å². The van der Waals surface area contributed by atoms with E-state index in [0.717, 1.165) is 12.0 Å². The summed E-state index contributed by atoms with van der Waals surface area (Å²) in [5.74, 6) is 2.04. The van der Waals surface area contributed by atoms with Gasteiger partial charge in [-0.25, -0.2) is 0 Å². The summed E-state index contributed by atoms with van der Waals surface area (Å²) in [6, 6.07) is 6.35. The summed E-state index contributed by atoms with van der Waals surface area (Å²) in [7, 11) is 1.63. The number of rotatable bonds is 9. The van der Waals surface area contributed by atoms with Crippen LogP contribution < -0.4 is 14.8 Å². The topological polar surface area (TPSA) is 50.7 Å². The van der Waals surface area contributed by atoms with Crippen LogP contribution in [0.4, 0.5) is 0 Å². The summed E-state index contributed by atoms with van der Waals surface area (Å²) in [6.07, 6.45) is 7.21. The molecule has 1 fully saturated rings. The molecule has 0 saturated heterocycles. The second-order valence-electron chi connectivity index (χ2n) is 6.72. The van der Waals surface area contributed by atoms with Crippen LogP contribution in [0.5, 0.6) is 11.5 Å². The highest BCUT2D eigenvalue weighted by Crippen LogP contribution is 2.28. The number of aliphatic hydroxyl groups excluding tert-OH is 1. The molecule has 1 aromatic carbocycles. The minimum atomic E-state index is -0.531. The van der Waals surface area contributed by atoms with E-state index in [-0.39, 0.29) is 6.61 Å². The van der Waals surface area contributed by atoms with Crippen LogP contribution in [-0.4, -0.2) is 37.5 Å². The summed E-state index contributed by atoms with van der Waals surface area (Å²) in [4.78, 5) is 0. The maximum Gasteiger partial charge on any atom is 0.161 e. The van der Waals surface area contributed by atoms with Crippen LogP contribution in [0.25, 0.3) is 0 Å². The first-order valence-electron chi connectivity index (χ1n) is 8.96. The Kier molecular flexibility index (Phi) is 7.60. The van der Waals surface area contributed by atoms with Gasteiger partial charge in [-0.1, -0.05) is 31.9 Å². The fourth-order valence-corrected chi connectivity index (χ4v) is 3.28. The van der Waals surface area contributed by atoms with Gasteiger partial charge in [0.25, 0.3) is 0 Å². The quantitative estimate of drug-likeness (QED) is 0.681. The second-order valence-corrected chi connectivity index (χ2v) is 6.72. The summed E-state index contributed by atoms with van der Waals surface area (Å²) in [5.41, 5.74) is 1.13. The molecule has 0 bridgehead atoms. The molecule has 0 aromatic heterocycles. The number of allylic oxidation sites excluding steroid dienone is 1. The lowest BCUT2D eigenvalue weighted by Crippen LogP contribution is -2.42. The van der Waals surface area contributed by atoms with Crippen molar-refractivity contribution in [1.82, 2.24) is 5.32 Å². The number of aliphatic hydroxyl groups is 1. The van der Waals surface area contributed by atoms with Crippen molar-refractivity contribution in [2.45, 2.75) is 51.2 Å². The maximum absolute atomic E-state index is 10.2. The average Bonchev–Trinajstić information content (AvgIpc) is 2.60. The van der Waals surface area contributed by atoms with Crippen molar-refractivity contribution < 1.29 is 14.6 Å². The fourth-order valence-electron chi connectivity index (χ4n) is 3.28. The monoisotopic (exact) mass is 333 g/mol. The SMILES string of the molecule is C=CCc1ccc(OCC(O)CNC2CCCCC2C)c(OC)c1. The van der Waals surface area contributed by atoms with Crippen LogP contribution in [0.2, 0.25) is 0 Å². The smallest absolute Gasteiger partial charge is 0.161 e. The first kappa shape index (κ1) is 18.8. The lowest BCUT2D eigenvalue weighted by Gasteiger charge is -2.30. The number of ether oxygens (including phenoxy) is 2. The highest BCUT2D eigenvalue weighted by Gasteiger charge is 2.21. The molecule has 0 spiro atoms. The van der Waals surface area contributed by atoms with E-state index in [2.05, 4.69) is 18.8 Å². The predicted molar refractivity (Wildman–Crippen MR) is 97.8 cm³/mol. The van der Waals surface area contributed by atoms with E-state index in [1.54, 1.807) is 7.11 Å². The van der Waals surface area contributed by atoms with Gasteiger partial charge in [0.05, 0.1) is 7.11 Å². The van der Waals surface area contributed by atoms with Crippen molar-refractivity contribution in [1.29, 1.82) is 0 Å². The molecule has 3 unspecified atom stereocenters. The molecule has 1 saturated carbocycles. The van der Waals surface area contributed by atoms with Crippen LogP contribution in [0.1, 0.15) is 38.2 Å². The molecule has 0 amide bonds. The summed E-state index contributed by atoms with van der Waals surface area (Å²) < 4.78 is 11.1. The molecule has 2 rings (SSSR count). The van der Waals surface area contributed by atoms with E-state index in [4.69, 9.17) is 9.47 Å². The first-order valence-corrected chi connectivity index (χ1v) is 8.96. The van der Waals surface area contributed by atoms with Crippen molar-refractivity contribution in [3.05, 3.63) is 36.4 Å². The maximum atomic E-state index is 10.2. The van der Waals surface area contributed by atoms with Crippen LogP contribution in [0.3, 0.4) is 0 Å². The minimum absolute atomic E-state index is 0.255. The van der Waals surface area contributed by atoms with Crippen molar-refractivity contribution in [3.8, 4) is 11.5 Å².